The molecular weight excluding hydrogens is 390 g/mol. The summed E-state index contributed by atoms with van der Waals surface area (Å²) in [4.78, 5) is 30.3. The number of anilines is 1. The highest BCUT2D eigenvalue weighted by Crippen LogP contribution is 2.29. The second-order valence-electron chi connectivity index (χ2n) is 7.19. The van der Waals surface area contributed by atoms with Crippen LogP contribution in [0.2, 0.25) is 0 Å². The number of nitrogens with one attached hydrogen (secondary N) is 1. The molecule has 1 aromatic heterocycles. The maximum absolute atomic E-state index is 12.9. The van der Waals surface area contributed by atoms with E-state index >= 15 is 0 Å². The van der Waals surface area contributed by atoms with Gasteiger partial charge >= 0.3 is 0 Å². The van der Waals surface area contributed by atoms with Gasteiger partial charge in [0.05, 0.1) is 12.1 Å². The number of carbonyl (C=O) groups excluding carboxylic acids is 2. The van der Waals surface area contributed by atoms with Crippen LogP contribution in [0.3, 0.4) is 0 Å². The van der Waals surface area contributed by atoms with Gasteiger partial charge < -0.3 is 20.1 Å². The number of pyridine rings is 1. The zero-order valence-electron chi connectivity index (χ0n) is 16.1. The summed E-state index contributed by atoms with van der Waals surface area (Å²) in [6.45, 7) is 0.720. The summed E-state index contributed by atoms with van der Waals surface area (Å²) in [6, 6.07) is 9.06. The van der Waals surface area contributed by atoms with Crippen LogP contribution in [-0.2, 0) is 11.2 Å². The molecule has 152 valence electrons. The SMILES string of the molecule is CSc1ncccc1C(=O)N1CC[C@@H](Oc2ccc3c(c2)CCC(=O)N3)[C@H](O)C1. The highest BCUT2D eigenvalue weighted by atomic mass is 32.2. The first-order chi connectivity index (χ1) is 14.0. The van der Waals surface area contributed by atoms with E-state index in [9.17, 15) is 14.7 Å². The monoisotopic (exact) mass is 413 g/mol. The predicted molar refractivity (Wildman–Crippen MR) is 110 cm³/mol. The third-order valence-corrected chi connectivity index (χ3v) is 5.97. The largest absolute Gasteiger partial charge is 0.488 e. The minimum absolute atomic E-state index is 0.0249. The van der Waals surface area contributed by atoms with Crippen LogP contribution in [0, 0.1) is 0 Å². The lowest BCUT2D eigenvalue weighted by Gasteiger charge is -2.36. The summed E-state index contributed by atoms with van der Waals surface area (Å²) < 4.78 is 6.02. The van der Waals surface area contributed by atoms with Crippen LogP contribution in [-0.4, -0.2) is 58.4 Å². The van der Waals surface area contributed by atoms with Gasteiger partial charge in [-0.05, 0) is 48.6 Å². The van der Waals surface area contributed by atoms with Crippen molar-refractivity contribution < 1.29 is 19.4 Å². The van der Waals surface area contributed by atoms with Crippen molar-refractivity contribution in [2.24, 2.45) is 0 Å². The number of amides is 2. The van der Waals surface area contributed by atoms with Crippen molar-refractivity contribution in [3.8, 4) is 5.75 Å². The molecule has 2 amide bonds. The van der Waals surface area contributed by atoms with Crippen molar-refractivity contribution in [2.45, 2.75) is 36.5 Å². The van der Waals surface area contributed by atoms with Crippen LogP contribution >= 0.6 is 11.8 Å². The van der Waals surface area contributed by atoms with Crippen molar-refractivity contribution in [3.63, 3.8) is 0 Å². The fourth-order valence-corrected chi connectivity index (χ4v) is 4.27. The van der Waals surface area contributed by atoms with Crippen molar-refractivity contribution in [3.05, 3.63) is 47.7 Å². The number of nitrogens with zero attached hydrogens (tertiary/aromatic N) is 2. The molecule has 0 spiro atoms. The Morgan fingerprint density at radius 3 is 3.00 bits per heavy atom. The molecule has 8 heteroatoms. The predicted octanol–water partition coefficient (Wildman–Crippen LogP) is 2.34. The molecule has 4 rings (SSSR count). The summed E-state index contributed by atoms with van der Waals surface area (Å²) >= 11 is 1.43. The number of β-amino-alcohol motifs (C(OH)–C–C–N with tert-alkyl or cyclic N) is 1. The van der Waals surface area contributed by atoms with Gasteiger partial charge in [-0.25, -0.2) is 4.98 Å². The second-order valence-corrected chi connectivity index (χ2v) is 7.99. The number of carbonyl (C=O) groups is 2. The standard InChI is InChI=1S/C21H23N3O4S/c1-29-20-15(3-2-9-22-20)21(27)24-10-8-18(17(25)12-24)28-14-5-6-16-13(11-14)4-7-19(26)23-16/h2-3,5-6,9,11,17-18,25H,4,7-8,10,12H2,1H3,(H,23,26)/t17-,18-/m1/s1. The number of aromatic nitrogens is 1. The van der Waals surface area contributed by atoms with E-state index in [0.717, 1.165) is 11.3 Å². The van der Waals surface area contributed by atoms with Crippen LogP contribution < -0.4 is 10.1 Å². The zero-order chi connectivity index (χ0) is 20.4. The Balaban J connectivity index is 1.41. The number of fused-ring (bicyclic) bond motifs is 1. The molecule has 0 unspecified atom stereocenters. The minimum Gasteiger partial charge on any atom is -0.488 e. The Morgan fingerprint density at radius 2 is 2.21 bits per heavy atom. The molecule has 2 aromatic rings. The summed E-state index contributed by atoms with van der Waals surface area (Å²) in [7, 11) is 0. The molecule has 0 radical (unpaired) electrons. The van der Waals surface area contributed by atoms with Gasteiger partial charge in [-0.1, -0.05) is 0 Å². The van der Waals surface area contributed by atoms with E-state index in [-0.39, 0.29) is 24.5 Å². The molecule has 29 heavy (non-hydrogen) atoms. The van der Waals surface area contributed by atoms with Crippen molar-refractivity contribution >= 4 is 29.3 Å². The van der Waals surface area contributed by atoms with E-state index in [0.29, 0.717) is 42.1 Å². The third-order valence-electron chi connectivity index (χ3n) is 5.26. The molecule has 2 aliphatic heterocycles. The summed E-state index contributed by atoms with van der Waals surface area (Å²) in [5.41, 5.74) is 2.41. The third kappa shape index (κ3) is 4.23. The molecule has 1 aromatic carbocycles. The number of benzene rings is 1. The van der Waals surface area contributed by atoms with Gasteiger partial charge in [0, 0.05) is 31.3 Å². The average Bonchev–Trinajstić information content (AvgIpc) is 2.74. The quantitative estimate of drug-likeness (QED) is 0.748. The molecular formula is C21H23N3O4S. The smallest absolute Gasteiger partial charge is 0.256 e. The van der Waals surface area contributed by atoms with E-state index in [1.165, 1.54) is 11.8 Å². The molecule has 0 aliphatic carbocycles. The molecule has 3 heterocycles. The zero-order valence-corrected chi connectivity index (χ0v) is 16.9. The number of aliphatic hydroxyl groups excluding tert-OH is 1. The van der Waals surface area contributed by atoms with Gasteiger partial charge in [0.15, 0.2) is 0 Å². The van der Waals surface area contributed by atoms with Crippen LogP contribution in [0.25, 0.3) is 0 Å². The normalized spacial score (nSPS) is 21.3. The summed E-state index contributed by atoms with van der Waals surface area (Å²) in [5, 5.41) is 14.1. The van der Waals surface area contributed by atoms with Crippen LogP contribution in [0.15, 0.2) is 41.6 Å². The van der Waals surface area contributed by atoms with Gasteiger partial charge in [-0.15, -0.1) is 11.8 Å². The van der Waals surface area contributed by atoms with Crippen molar-refractivity contribution in [1.82, 2.24) is 9.88 Å². The Bertz CT molecular complexity index is 936. The van der Waals surface area contributed by atoms with E-state index in [4.69, 9.17) is 4.74 Å². The summed E-state index contributed by atoms with van der Waals surface area (Å²) in [6.07, 6.45) is 4.07. The molecule has 2 atom stereocenters. The maximum atomic E-state index is 12.9. The van der Waals surface area contributed by atoms with Crippen LogP contribution in [0.4, 0.5) is 5.69 Å². The fraction of sp³-hybridized carbons (Fsp3) is 0.381. The molecule has 0 saturated carbocycles. The first-order valence-corrected chi connectivity index (χ1v) is 10.8. The number of ether oxygens (including phenoxy) is 1. The molecule has 1 fully saturated rings. The molecule has 2 N–H and O–H groups in total. The van der Waals surface area contributed by atoms with E-state index in [1.54, 1.807) is 29.3 Å². The van der Waals surface area contributed by atoms with Gasteiger partial charge in [0.2, 0.25) is 5.91 Å². The number of rotatable bonds is 4. The minimum atomic E-state index is -0.780. The number of hydrogen-bond acceptors (Lipinski definition) is 6. The van der Waals surface area contributed by atoms with Crippen molar-refractivity contribution in [1.29, 1.82) is 0 Å². The number of aliphatic hydroxyl groups is 1. The Kier molecular flexibility index (Phi) is 5.73. The molecule has 1 saturated heterocycles. The first kappa shape index (κ1) is 19.7. The highest BCUT2D eigenvalue weighted by molar-refractivity contribution is 7.98. The Hall–Kier alpha value is -2.58. The Labute approximate surface area is 173 Å². The van der Waals surface area contributed by atoms with E-state index < -0.39 is 6.10 Å². The number of hydrogen-bond donors (Lipinski definition) is 2. The van der Waals surface area contributed by atoms with Gasteiger partial charge in [0.25, 0.3) is 5.91 Å². The number of thioether (sulfide) groups is 1. The molecule has 2 aliphatic rings. The fourth-order valence-electron chi connectivity index (χ4n) is 3.73. The van der Waals surface area contributed by atoms with Gasteiger partial charge in [-0.3, -0.25) is 9.59 Å². The lowest BCUT2D eigenvalue weighted by Crippen LogP contribution is -2.51. The van der Waals surface area contributed by atoms with E-state index in [1.807, 2.05) is 18.4 Å². The van der Waals surface area contributed by atoms with Crippen molar-refractivity contribution in [2.75, 3.05) is 24.7 Å². The van der Waals surface area contributed by atoms with Crippen LogP contribution in [0.5, 0.6) is 5.75 Å². The van der Waals surface area contributed by atoms with Gasteiger partial charge in [0.1, 0.15) is 23.0 Å². The number of aryl methyl sites for hydroxylation is 1. The van der Waals surface area contributed by atoms with E-state index in [2.05, 4.69) is 10.3 Å². The molecule has 0 bridgehead atoms. The van der Waals surface area contributed by atoms with Gasteiger partial charge in [-0.2, -0.15) is 0 Å². The Morgan fingerprint density at radius 1 is 1.34 bits per heavy atom. The number of piperidine rings is 1. The summed E-state index contributed by atoms with van der Waals surface area (Å²) in [5.74, 6) is 0.571. The topological polar surface area (TPSA) is 91.8 Å². The lowest BCUT2D eigenvalue weighted by molar-refractivity contribution is -0.116. The average molecular weight is 413 g/mol. The lowest BCUT2D eigenvalue weighted by atomic mass is 10.0. The van der Waals surface area contributed by atoms with Crippen LogP contribution in [0.1, 0.15) is 28.8 Å². The highest BCUT2D eigenvalue weighted by Gasteiger charge is 2.33. The second kappa shape index (κ2) is 8.42. The number of likely N-dealkylation sites (tertiary alicyclic amines) is 1. The maximum Gasteiger partial charge on any atom is 0.256 e. The molecule has 7 nitrogen and oxygen atoms in total. The first-order valence-electron chi connectivity index (χ1n) is 9.61.